The molecule has 1 aliphatic rings. The molecule has 0 amide bonds. The molecule has 0 radical (unpaired) electrons. The lowest BCUT2D eigenvalue weighted by molar-refractivity contribution is -0.0285. The van der Waals surface area contributed by atoms with E-state index in [9.17, 15) is 8.78 Å². The number of thioether (sulfide) groups is 1. The van der Waals surface area contributed by atoms with Crippen LogP contribution in [0.15, 0.2) is 29.2 Å². The molecule has 0 atom stereocenters. The Balaban J connectivity index is 2.23. The van der Waals surface area contributed by atoms with Crippen molar-refractivity contribution in [3.63, 3.8) is 0 Å². The summed E-state index contributed by atoms with van der Waals surface area (Å²) in [5.41, 5.74) is 0.165. The van der Waals surface area contributed by atoms with Gasteiger partial charge >= 0.3 is 0 Å². The van der Waals surface area contributed by atoms with Gasteiger partial charge < -0.3 is 0 Å². The van der Waals surface area contributed by atoms with Crippen LogP contribution in [0.5, 0.6) is 0 Å². The predicted molar refractivity (Wildman–Crippen MR) is 54.8 cm³/mol. The summed E-state index contributed by atoms with van der Waals surface area (Å²) in [5.74, 6) is -3.03. The summed E-state index contributed by atoms with van der Waals surface area (Å²) < 4.78 is 27.1. The molecule has 3 heteroatoms. The van der Waals surface area contributed by atoms with Gasteiger partial charge in [-0.15, -0.1) is 11.8 Å². The first-order valence-electron chi connectivity index (χ1n) is 4.67. The molecule has 1 saturated carbocycles. The summed E-state index contributed by atoms with van der Waals surface area (Å²) in [6.07, 6.45) is 3.27. The molecule has 0 aliphatic heterocycles. The molecule has 0 bridgehead atoms. The van der Waals surface area contributed by atoms with Crippen molar-refractivity contribution in [2.75, 3.05) is 6.26 Å². The normalized spacial score (nSPS) is 17.1. The Morgan fingerprint density at radius 1 is 1.21 bits per heavy atom. The topological polar surface area (TPSA) is 0 Å². The van der Waals surface area contributed by atoms with Crippen LogP contribution in [-0.4, -0.2) is 6.26 Å². The molecule has 1 fully saturated rings. The number of halogens is 2. The van der Waals surface area contributed by atoms with Gasteiger partial charge in [-0.25, -0.2) is 8.78 Å². The SMILES string of the molecule is CSc1ccc(C(F)(F)C2CC2)cc1. The maximum absolute atomic E-state index is 13.6. The quantitative estimate of drug-likeness (QED) is 0.687. The van der Waals surface area contributed by atoms with Gasteiger partial charge in [-0.2, -0.15) is 0 Å². The Morgan fingerprint density at radius 2 is 1.79 bits per heavy atom. The summed E-state index contributed by atoms with van der Waals surface area (Å²) in [5, 5.41) is 0. The smallest absolute Gasteiger partial charge is 0.201 e. The molecule has 0 N–H and O–H groups in total. The van der Waals surface area contributed by atoms with E-state index in [0.29, 0.717) is 12.8 Å². The molecule has 1 aliphatic carbocycles. The standard InChI is InChI=1S/C11H12F2S/c1-14-10-6-4-9(5-7-10)11(12,13)8-2-3-8/h4-8H,2-3H2,1H3. The maximum Gasteiger partial charge on any atom is 0.276 e. The summed E-state index contributed by atoms with van der Waals surface area (Å²) >= 11 is 1.57. The number of hydrogen-bond acceptors (Lipinski definition) is 1. The molecular weight excluding hydrogens is 202 g/mol. The molecule has 0 aromatic heterocycles. The van der Waals surface area contributed by atoms with Gasteiger partial charge in [0, 0.05) is 16.4 Å². The van der Waals surface area contributed by atoms with E-state index in [4.69, 9.17) is 0 Å². The van der Waals surface area contributed by atoms with Gasteiger partial charge in [0.1, 0.15) is 0 Å². The van der Waals surface area contributed by atoms with Crippen LogP contribution in [0.2, 0.25) is 0 Å². The van der Waals surface area contributed by atoms with Crippen molar-refractivity contribution in [3.05, 3.63) is 29.8 Å². The van der Waals surface area contributed by atoms with Crippen molar-refractivity contribution in [1.82, 2.24) is 0 Å². The van der Waals surface area contributed by atoms with E-state index in [-0.39, 0.29) is 5.56 Å². The minimum absolute atomic E-state index is 0.165. The molecule has 1 aromatic rings. The van der Waals surface area contributed by atoms with Gasteiger partial charge in [-0.3, -0.25) is 0 Å². The molecule has 1 aromatic carbocycles. The van der Waals surface area contributed by atoms with Crippen LogP contribution in [0.4, 0.5) is 8.78 Å². The zero-order chi connectivity index (χ0) is 10.2. The van der Waals surface area contributed by atoms with Gasteiger partial charge in [0.05, 0.1) is 0 Å². The third-order valence-electron chi connectivity index (χ3n) is 2.56. The Labute approximate surface area is 86.7 Å². The first kappa shape index (κ1) is 9.97. The maximum atomic E-state index is 13.6. The highest BCUT2D eigenvalue weighted by Crippen LogP contribution is 2.49. The second-order valence-corrected chi connectivity index (χ2v) is 4.51. The Bertz CT molecular complexity index is 315. The van der Waals surface area contributed by atoms with Crippen LogP contribution >= 0.6 is 11.8 Å². The van der Waals surface area contributed by atoms with E-state index in [1.54, 1.807) is 36.0 Å². The lowest BCUT2D eigenvalue weighted by atomic mass is 10.0. The van der Waals surface area contributed by atoms with E-state index in [1.165, 1.54) is 0 Å². The van der Waals surface area contributed by atoms with E-state index in [1.807, 2.05) is 6.26 Å². The highest BCUT2D eigenvalue weighted by Gasteiger charge is 2.47. The van der Waals surface area contributed by atoms with E-state index < -0.39 is 11.8 Å². The lowest BCUT2D eigenvalue weighted by Crippen LogP contribution is -2.15. The predicted octanol–water partition coefficient (Wildman–Crippen LogP) is 3.91. The summed E-state index contributed by atoms with van der Waals surface area (Å²) in [6, 6.07) is 6.61. The zero-order valence-electron chi connectivity index (χ0n) is 7.97. The Morgan fingerprint density at radius 3 is 2.21 bits per heavy atom. The molecule has 0 saturated heterocycles. The molecule has 2 rings (SSSR count). The second kappa shape index (κ2) is 3.54. The van der Waals surface area contributed by atoms with E-state index in [2.05, 4.69) is 0 Å². The molecule has 0 nitrogen and oxygen atoms in total. The van der Waals surface area contributed by atoms with Crippen molar-refractivity contribution in [2.45, 2.75) is 23.7 Å². The fourth-order valence-corrected chi connectivity index (χ4v) is 1.90. The van der Waals surface area contributed by atoms with Gasteiger partial charge in [0.25, 0.3) is 5.92 Å². The molecule has 0 unspecified atom stereocenters. The minimum atomic E-state index is -2.61. The van der Waals surface area contributed by atoms with Crippen molar-refractivity contribution in [3.8, 4) is 0 Å². The second-order valence-electron chi connectivity index (χ2n) is 3.63. The number of rotatable bonds is 3. The molecule has 76 valence electrons. The summed E-state index contributed by atoms with van der Waals surface area (Å²) in [7, 11) is 0. The highest BCUT2D eigenvalue weighted by atomic mass is 32.2. The third-order valence-corrected chi connectivity index (χ3v) is 3.31. The zero-order valence-corrected chi connectivity index (χ0v) is 8.78. The molecule has 14 heavy (non-hydrogen) atoms. The highest BCUT2D eigenvalue weighted by molar-refractivity contribution is 7.98. The van der Waals surface area contributed by atoms with Crippen LogP contribution < -0.4 is 0 Å². The number of alkyl halides is 2. The van der Waals surface area contributed by atoms with Crippen LogP contribution in [0.3, 0.4) is 0 Å². The molecular formula is C11H12F2S. The largest absolute Gasteiger partial charge is 0.276 e. The summed E-state index contributed by atoms with van der Waals surface area (Å²) in [6.45, 7) is 0. The third kappa shape index (κ3) is 1.78. The minimum Gasteiger partial charge on any atom is -0.201 e. The van der Waals surface area contributed by atoms with Gasteiger partial charge in [-0.05, 0) is 31.2 Å². The fourth-order valence-electron chi connectivity index (χ4n) is 1.49. The van der Waals surface area contributed by atoms with Crippen molar-refractivity contribution in [2.24, 2.45) is 5.92 Å². The van der Waals surface area contributed by atoms with Crippen LogP contribution in [-0.2, 0) is 5.92 Å². The fraction of sp³-hybridized carbons (Fsp3) is 0.455. The number of benzene rings is 1. The van der Waals surface area contributed by atoms with Gasteiger partial charge in [0.15, 0.2) is 0 Å². The van der Waals surface area contributed by atoms with Crippen molar-refractivity contribution >= 4 is 11.8 Å². The van der Waals surface area contributed by atoms with Crippen LogP contribution in [0, 0.1) is 5.92 Å². The summed E-state index contributed by atoms with van der Waals surface area (Å²) in [4.78, 5) is 1.03. The first-order chi connectivity index (χ1) is 6.64. The molecule has 0 heterocycles. The van der Waals surface area contributed by atoms with E-state index in [0.717, 1.165) is 4.90 Å². The molecule has 0 spiro atoms. The van der Waals surface area contributed by atoms with Crippen molar-refractivity contribution in [1.29, 1.82) is 0 Å². The van der Waals surface area contributed by atoms with Crippen LogP contribution in [0.25, 0.3) is 0 Å². The average Bonchev–Trinajstić information content (AvgIpc) is 3.01. The first-order valence-corrected chi connectivity index (χ1v) is 5.89. The Kier molecular flexibility index (Phi) is 2.52. The van der Waals surface area contributed by atoms with Crippen molar-refractivity contribution < 1.29 is 8.78 Å². The average molecular weight is 214 g/mol. The Hall–Kier alpha value is -0.570. The number of hydrogen-bond donors (Lipinski definition) is 0. The van der Waals surface area contributed by atoms with Gasteiger partial charge in [0.2, 0.25) is 0 Å². The lowest BCUT2D eigenvalue weighted by Gasteiger charge is -2.15. The van der Waals surface area contributed by atoms with E-state index >= 15 is 0 Å². The van der Waals surface area contributed by atoms with Gasteiger partial charge in [-0.1, -0.05) is 12.1 Å². The van der Waals surface area contributed by atoms with Crippen LogP contribution in [0.1, 0.15) is 18.4 Å². The monoisotopic (exact) mass is 214 g/mol.